The van der Waals surface area contributed by atoms with Crippen LogP contribution in [0.15, 0.2) is 79.0 Å². The third-order valence-electron chi connectivity index (χ3n) is 9.77. The molecule has 4 amide bonds. The van der Waals surface area contributed by atoms with Crippen LogP contribution in [-0.4, -0.2) is 139 Å². The van der Waals surface area contributed by atoms with Gasteiger partial charge in [0.2, 0.25) is 5.91 Å². The van der Waals surface area contributed by atoms with E-state index < -0.39 is 53.0 Å². The van der Waals surface area contributed by atoms with Crippen LogP contribution in [0.25, 0.3) is 11.3 Å². The number of amides is 4. The van der Waals surface area contributed by atoms with Gasteiger partial charge in [0, 0.05) is 44.4 Å². The average Bonchev–Trinajstić information content (AvgIpc) is 3.27. The lowest BCUT2D eigenvalue weighted by Crippen LogP contribution is -2.58. The van der Waals surface area contributed by atoms with Crippen LogP contribution in [-0.2, 0) is 55.7 Å². The van der Waals surface area contributed by atoms with E-state index in [1.54, 1.807) is 18.3 Å². The van der Waals surface area contributed by atoms with Gasteiger partial charge < -0.3 is 49.1 Å². The topological polar surface area (TPSA) is 197 Å². The molecule has 0 spiro atoms. The van der Waals surface area contributed by atoms with Crippen LogP contribution in [0.4, 0.5) is 9.59 Å². The Kier molecular flexibility index (Phi) is 24.5. The molecule has 0 saturated heterocycles. The standard InChI is InChI=1S/C48H71N6O11/c1-47(2,3)41(52-46(58)65-33-32-64-31-30-63-29-28-62-27-26-61-25-24-59-7)43(55)50-39(34-36-14-10-9-11-15-36)21-23-54(53-44(56)42(48(4,5)6)51-45(57)60-8)35-37-17-19-38(20-18-37)40-16-12-13-22-49-40/h9-22,39,41-42H,23-35H2,1-8H3,(H,50,55)(H,51,57)(H,52,58)(H,53,56)/t39-,41-,42-/m0/s1. The molecule has 0 aliphatic carbocycles. The monoisotopic (exact) mass is 908 g/mol. The summed E-state index contributed by atoms with van der Waals surface area (Å²) in [5, 5.41) is 10.3. The Morgan fingerprint density at radius 1 is 0.615 bits per heavy atom. The number of ether oxygens (including phenoxy) is 7. The lowest BCUT2D eigenvalue weighted by Gasteiger charge is -2.34. The van der Waals surface area contributed by atoms with Crippen molar-refractivity contribution in [2.24, 2.45) is 10.8 Å². The number of carbonyl (C=O) groups is 4. The number of benzene rings is 2. The third kappa shape index (κ3) is 22.0. The minimum Gasteiger partial charge on any atom is -0.453 e. The fraction of sp³-hybridized carbons (Fsp3) is 0.542. The summed E-state index contributed by atoms with van der Waals surface area (Å²) in [6.45, 7) is 15.2. The molecule has 0 saturated carbocycles. The highest BCUT2D eigenvalue weighted by molar-refractivity contribution is 5.87. The fourth-order valence-corrected chi connectivity index (χ4v) is 6.27. The van der Waals surface area contributed by atoms with Gasteiger partial charge in [-0.1, -0.05) is 102 Å². The summed E-state index contributed by atoms with van der Waals surface area (Å²) in [4.78, 5) is 57.8. The van der Waals surface area contributed by atoms with Gasteiger partial charge in [0.1, 0.15) is 18.7 Å². The van der Waals surface area contributed by atoms with Gasteiger partial charge in [-0.25, -0.2) is 14.6 Å². The quantitative estimate of drug-likeness (QED) is 0.0529. The first kappa shape index (κ1) is 54.2. The van der Waals surface area contributed by atoms with Crippen molar-refractivity contribution in [3.8, 4) is 11.3 Å². The Morgan fingerprint density at radius 3 is 1.69 bits per heavy atom. The zero-order valence-corrected chi connectivity index (χ0v) is 39.4. The molecule has 3 aromatic rings. The summed E-state index contributed by atoms with van der Waals surface area (Å²) in [5.41, 5.74) is 5.26. The maximum absolute atomic E-state index is 14.1. The summed E-state index contributed by atoms with van der Waals surface area (Å²) in [6, 6.07) is 20.8. The van der Waals surface area contributed by atoms with E-state index in [0.717, 1.165) is 22.4 Å². The Bertz CT molecular complexity index is 1810. The van der Waals surface area contributed by atoms with Crippen molar-refractivity contribution in [2.45, 2.75) is 72.6 Å². The largest absolute Gasteiger partial charge is 0.453 e. The van der Waals surface area contributed by atoms with Gasteiger partial charge in [0.15, 0.2) is 0 Å². The third-order valence-corrected chi connectivity index (χ3v) is 9.77. The average molecular weight is 908 g/mol. The van der Waals surface area contributed by atoms with Crippen molar-refractivity contribution in [3.63, 3.8) is 0 Å². The van der Waals surface area contributed by atoms with Gasteiger partial charge in [0.05, 0.1) is 72.3 Å². The second-order valence-electron chi connectivity index (χ2n) is 17.3. The highest BCUT2D eigenvalue weighted by Crippen LogP contribution is 2.22. The van der Waals surface area contributed by atoms with Crippen LogP contribution in [0.1, 0.15) is 52.7 Å². The highest BCUT2D eigenvalue weighted by Gasteiger charge is 2.36. The van der Waals surface area contributed by atoms with Gasteiger partial charge in [-0.15, -0.1) is 0 Å². The van der Waals surface area contributed by atoms with E-state index in [2.05, 4.69) is 26.4 Å². The Labute approximate surface area is 384 Å². The van der Waals surface area contributed by atoms with Crippen LogP contribution >= 0.6 is 0 Å². The smallest absolute Gasteiger partial charge is 0.407 e. The molecule has 3 atom stereocenters. The molecule has 359 valence electrons. The highest BCUT2D eigenvalue weighted by atomic mass is 16.6. The van der Waals surface area contributed by atoms with E-state index >= 15 is 0 Å². The fourth-order valence-electron chi connectivity index (χ4n) is 6.27. The van der Waals surface area contributed by atoms with Gasteiger partial charge in [0.25, 0.3) is 5.91 Å². The maximum atomic E-state index is 14.1. The van der Waals surface area contributed by atoms with Crippen LogP contribution in [0.5, 0.6) is 0 Å². The van der Waals surface area contributed by atoms with Gasteiger partial charge in [-0.3, -0.25) is 20.0 Å². The van der Waals surface area contributed by atoms with Crippen molar-refractivity contribution in [1.29, 1.82) is 0 Å². The molecule has 1 aromatic heterocycles. The van der Waals surface area contributed by atoms with Crippen LogP contribution < -0.4 is 21.4 Å². The molecule has 1 radical (unpaired) electrons. The maximum Gasteiger partial charge on any atom is 0.407 e. The number of nitrogens with zero attached hydrogens (tertiary/aromatic N) is 2. The molecule has 0 fully saturated rings. The van der Waals surface area contributed by atoms with Crippen LogP contribution in [0.3, 0.4) is 0 Å². The molecule has 17 nitrogen and oxygen atoms in total. The number of hydrazine groups is 1. The minimum atomic E-state index is -0.972. The second-order valence-corrected chi connectivity index (χ2v) is 17.3. The molecule has 0 unspecified atom stereocenters. The normalized spacial score (nSPS) is 13.1. The summed E-state index contributed by atoms with van der Waals surface area (Å²) < 4.78 is 36.9. The zero-order chi connectivity index (χ0) is 47.5. The van der Waals surface area contributed by atoms with E-state index in [9.17, 15) is 19.2 Å². The molecule has 0 bridgehead atoms. The molecular formula is C48H71N6O11. The van der Waals surface area contributed by atoms with E-state index in [1.807, 2.05) is 121 Å². The minimum absolute atomic E-state index is 0.0282. The first-order valence-electron chi connectivity index (χ1n) is 21.9. The molecular weight excluding hydrogens is 837 g/mol. The van der Waals surface area contributed by atoms with E-state index in [0.29, 0.717) is 59.3 Å². The van der Waals surface area contributed by atoms with Gasteiger partial charge in [-0.05, 0) is 40.5 Å². The second kappa shape index (κ2) is 29.4. The van der Waals surface area contributed by atoms with Gasteiger partial charge in [-0.2, -0.15) is 0 Å². The number of hydrogen-bond donors (Lipinski definition) is 4. The van der Waals surface area contributed by atoms with Crippen molar-refractivity contribution >= 4 is 24.0 Å². The van der Waals surface area contributed by atoms with Crippen LogP contribution in [0.2, 0.25) is 0 Å². The number of carbonyl (C=O) groups excluding carboxylic acids is 4. The number of alkyl carbamates (subject to hydrolysis) is 2. The number of nitrogens with one attached hydrogen (secondary N) is 4. The van der Waals surface area contributed by atoms with E-state index in [4.69, 9.17) is 33.2 Å². The van der Waals surface area contributed by atoms with Crippen LogP contribution in [0, 0.1) is 17.3 Å². The number of aromatic nitrogens is 1. The van der Waals surface area contributed by atoms with Crippen molar-refractivity contribution < 1.29 is 52.3 Å². The summed E-state index contributed by atoms with van der Waals surface area (Å²) in [7, 11) is 2.86. The molecule has 2 aromatic carbocycles. The predicted molar refractivity (Wildman–Crippen MR) is 246 cm³/mol. The first-order chi connectivity index (χ1) is 31.1. The predicted octanol–water partition coefficient (Wildman–Crippen LogP) is 5.14. The number of methoxy groups -OCH3 is 2. The molecule has 1 heterocycles. The zero-order valence-electron chi connectivity index (χ0n) is 39.4. The molecule has 0 aliphatic heterocycles. The molecule has 0 aliphatic rings. The van der Waals surface area contributed by atoms with E-state index in [-0.39, 0.29) is 26.3 Å². The number of pyridine rings is 1. The first-order valence-corrected chi connectivity index (χ1v) is 21.9. The Hall–Kier alpha value is -5.17. The molecule has 17 heteroatoms. The summed E-state index contributed by atoms with van der Waals surface area (Å²) >= 11 is 0. The Balaban J connectivity index is 1.65. The van der Waals surface area contributed by atoms with E-state index in [1.165, 1.54) is 7.11 Å². The Morgan fingerprint density at radius 2 is 1.15 bits per heavy atom. The lowest BCUT2D eigenvalue weighted by atomic mass is 9.86. The molecule has 65 heavy (non-hydrogen) atoms. The summed E-state index contributed by atoms with van der Waals surface area (Å²) in [5.74, 6) is -0.866. The molecule has 4 N–H and O–H groups in total. The van der Waals surface area contributed by atoms with Gasteiger partial charge >= 0.3 is 12.2 Å². The lowest BCUT2D eigenvalue weighted by molar-refractivity contribution is -0.131. The SMILES string of the molecule is COCCOCCOCCOCCOCCOC(=O)N[C@@H](C(=O)N[C@@H]([CH]CN(Cc1ccc(-c2ccccn2)cc1)NC(=O)[C@H](NC(=O)OC)C(C)(C)C)Cc1ccccc1)C(C)(C)C. The number of hydrogen-bond acceptors (Lipinski definition) is 13. The number of rotatable bonds is 29. The molecule has 3 rings (SSSR count). The van der Waals surface area contributed by atoms with Crippen molar-refractivity contribution in [1.82, 2.24) is 31.4 Å². The summed E-state index contributed by atoms with van der Waals surface area (Å²) in [6.07, 6.45) is 2.57. The van der Waals surface area contributed by atoms with Crippen molar-refractivity contribution in [3.05, 3.63) is 96.5 Å². The van der Waals surface area contributed by atoms with Crippen molar-refractivity contribution in [2.75, 3.05) is 86.8 Å².